The predicted molar refractivity (Wildman–Crippen MR) is 104 cm³/mol. The van der Waals surface area contributed by atoms with Crippen LogP contribution in [0.15, 0.2) is 47.4 Å². The van der Waals surface area contributed by atoms with Crippen molar-refractivity contribution in [1.82, 2.24) is 10.0 Å². The third kappa shape index (κ3) is 5.90. The Hall–Kier alpha value is -2.71. The first-order valence-corrected chi connectivity index (χ1v) is 9.86. The molecular weight excluding hydrogens is 366 g/mol. The van der Waals surface area contributed by atoms with Crippen LogP contribution in [0, 0.1) is 20.8 Å². The molecule has 0 bridgehead atoms. The molecule has 2 amide bonds. The maximum absolute atomic E-state index is 12.2. The zero-order chi connectivity index (χ0) is 20.0. The van der Waals surface area contributed by atoms with Crippen molar-refractivity contribution < 1.29 is 18.0 Å². The molecular formula is C19H23N3O4S. The summed E-state index contributed by atoms with van der Waals surface area (Å²) in [5.74, 6) is -0.989. The number of rotatable bonds is 7. The Labute approximate surface area is 159 Å². The average molecular weight is 389 g/mol. The van der Waals surface area contributed by atoms with Crippen LogP contribution >= 0.6 is 0 Å². The molecule has 2 aromatic rings. The summed E-state index contributed by atoms with van der Waals surface area (Å²) in [6.45, 7) is 4.85. The third-order valence-corrected chi connectivity index (χ3v) is 5.48. The largest absolute Gasteiger partial charge is 0.346 e. The fourth-order valence-electron chi connectivity index (χ4n) is 2.27. The molecule has 144 valence electrons. The van der Waals surface area contributed by atoms with Crippen molar-refractivity contribution in [1.29, 1.82) is 0 Å². The van der Waals surface area contributed by atoms with E-state index in [0.29, 0.717) is 5.69 Å². The van der Waals surface area contributed by atoms with E-state index in [1.165, 1.54) is 6.07 Å². The molecule has 3 N–H and O–H groups in total. The number of hydrogen-bond acceptors (Lipinski definition) is 4. The van der Waals surface area contributed by atoms with Crippen LogP contribution < -0.4 is 15.4 Å². The first-order chi connectivity index (χ1) is 12.7. The van der Waals surface area contributed by atoms with Gasteiger partial charge in [0.2, 0.25) is 21.8 Å². The summed E-state index contributed by atoms with van der Waals surface area (Å²) in [5, 5.41) is 5.07. The van der Waals surface area contributed by atoms with E-state index in [1.807, 2.05) is 32.9 Å². The lowest BCUT2D eigenvalue weighted by atomic mass is 10.1. The van der Waals surface area contributed by atoms with Crippen molar-refractivity contribution in [3.8, 4) is 0 Å². The van der Waals surface area contributed by atoms with Crippen molar-refractivity contribution in [3.63, 3.8) is 0 Å². The molecule has 0 aromatic heterocycles. The second-order valence-electron chi connectivity index (χ2n) is 6.21. The monoisotopic (exact) mass is 389 g/mol. The smallest absolute Gasteiger partial charge is 0.243 e. The minimum atomic E-state index is -3.80. The normalized spacial score (nSPS) is 11.1. The number of aryl methyl sites for hydroxylation is 3. The molecule has 0 aliphatic rings. The average Bonchev–Trinajstić information content (AvgIpc) is 2.62. The number of anilines is 1. The van der Waals surface area contributed by atoms with Gasteiger partial charge in [0.1, 0.15) is 0 Å². The van der Waals surface area contributed by atoms with E-state index in [1.54, 1.807) is 24.3 Å². The second kappa shape index (κ2) is 8.79. The van der Waals surface area contributed by atoms with Gasteiger partial charge in [-0.15, -0.1) is 0 Å². The maximum Gasteiger partial charge on any atom is 0.243 e. The fraction of sp³-hybridized carbons (Fsp3) is 0.263. The summed E-state index contributed by atoms with van der Waals surface area (Å²) in [6, 6.07) is 12.0. The van der Waals surface area contributed by atoms with E-state index in [4.69, 9.17) is 0 Å². The summed E-state index contributed by atoms with van der Waals surface area (Å²) in [5.41, 5.74) is 3.38. The summed E-state index contributed by atoms with van der Waals surface area (Å²) in [4.78, 5) is 23.8. The molecule has 0 spiro atoms. The SMILES string of the molecule is Cc1ccc(S(=O)(=O)NCC(=O)NCC(=O)Nc2ccccc2C)cc1C. The topological polar surface area (TPSA) is 104 Å². The van der Waals surface area contributed by atoms with E-state index >= 15 is 0 Å². The molecule has 0 fully saturated rings. The van der Waals surface area contributed by atoms with Crippen LogP contribution in [0.25, 0.3) is 0 Å². The van der Waals surface area contributed by atoms with Crippen LogP contribution in [0.5, 0.6) is 0 Å². The number of hydrogen-bond donors (Lipinski definition) is 3. The van der Waals surface area contributed by atoms with Crippen LogP contribution in [-0.2, 0) is 19.6 Å². The summed E-state index contributed by atoms with van der Waals surface area (Å²) in [7, 11) is -3.80. The molecule has 8 heteroatoms. The minimum absolute atomic E-state index is 0.0932. The lowest BCUT2D eigenvalue weighted by Gasteiger charge is -2.10. The highest BCUT2D eigenvalue weighted by Gasteiger charge is 2.16. The standard InChI is InChI=1S/C19H23N3O4S/c1-13-8-9-16(10-15(13)3)27(25,26)21-12-18(23)20-11-19(24)22-17-7-5-4-6-14(17)2/h4-10,21H,11-12H2,1-3H3,(H,20,23)(H,22,24). The van der Waals surface area contributed by atoms with Gasteiger partial charge in [-0.05, 0) is 55.7 Å². The molecule has 0 heterocycles. The van der Waals surface area contributed by atoms with Gasteiger partial charge < -0.3 is 10.6 Å². The lowest BCUT2D eigenvalue weighted by Crippen LogP contribution is -2.40. The minimum Gasteiger partial charge on any atom is -0.346 e. The highest BCUT2D eigenvalue weighted by Crippen LogP contribution is 2.14. The van der Waals surface area contributed by atoms with Gasteiger partial charge in [-0.3, -0.25) is 9.59 Å². The molecule has 2 aromatic carbocycles. The zero-order valence-corrected chi connectivity index (χ0v) is 16.3. The Bertz CT molecular complexity index is 955. The van der Waals surface area contributed by atoms with Crippen LogP contribution in [-0.4, -0.2) is 33.3 Å². The lowest BCUT2D eigenvalue weighted by molar-refractivity contribution is -0.123. The Balaban J connectivity index is 1.84. The Morgan fingerprint density at radius 1 is 0.852 bits per heavy atom. The highest BCUT2D eigenvalue weighted by atomic mass is 32.2. The fourth-order valence-corrected chi connectivity index (χ4v) is 3.34. The van der Waals surface area contributed by atoms with Gasteiger partial charge >= 0.3 is 0 Å². The van der Waals surface area contributed by atoms with Crippen molar-refractivity contribution in [2.45, 2.75) is 25.7 Å². The van der Waals surface area contributed by atoms with E-state index in [2.05, 4.69) is 15.4 Å². The molecule has 0 aliphatic heterocycles. The Morgan fingerprint density at radius 3 is 2.22 bits per heavy atom. The van der Waals surface area contributed by atoms with Gasteiger partial charge in [-0.25, -0.2) is 13.1 Å². The quantitative estimate of drug-likeness (QED) is 0.670. The van der Waals surface area contributed by atoms with Gasteiger partial charge in [0.25, 0.3) is 0 Å². The zero-order valence-electron chi connectivity index (χ0n) is 15.5. The molecule has 0 radical (unpaired) electrons. The number of carbonyl (C=O) groups is 2. The van der Waals surface area contributed by atoms with E-state index < -0.39 is 28.4 Å². The Kier molecular flexibility index (Phi) is 6.70. The molecule has 2 rings (SSSR count). The molecule has 27 heavy (non-hydrogen) atoms. The van der Waals surface area contributed by atoms with Gasteiger partial charge in [0.05, 0.1) is 18.0 Å². The number of para-hydroxylation sites is 1. The van der Waals surface area contributed by atoms with Crippen LogP contribution in [0.1, 0.15) is 16.7 Å². The number of nitrogens with one attached hydrogen (secondary N) is 3. The molecule has 0 unspecified atom stereocenters. The van der Waals surface area contributed by atoms with Crippen LogP contribution in [0.3, 0.4) is 0 Å². The van der Waals surface area contributed by atoms with Crippen molar-refractivity contribution in [3.05, 3.63) is 59.2 Å². The molecule has 0 atom stereocenters. The summed E-state index contributed by atoms with van der Waals surface area (Å²) < 4.78 is 26.7. The predicted octanol–water partition coefficient (Wildman–Crippen LogP) is 1.65. The summed E-state index contributed by atoms with van der Waals surface area (Å²) in [6.07, 6.45) is 0. The number of carbonyl (C=O) groups excluding carboxylic acids is 2. The van der Waals surface area contributed by atoms with Crippen molar-refractivity contribution in [2.75, 3.05) is 18.4 Å². The number of sulfonamides is 1. The van der Waals surface area contributed by atoms with Gasteiger partial charge in [-0.1, -0.05) is 24.3 Å². The van der Waals surface area contributed by atoms with E-state index in [0.717, 1.165) is 16.7 Å². The third-order valence-electron chi connectivity index (χ3n) is 4.08. The maximum atomic E-state index is 12.2. The van der Waals surface area contributed by atoms with E-state index in [9.17, 15) is 18.0 Å². The van der Waals surface area contributed by atoms with Crippen molar-refractivity contribution in [2.24, 2.45) is 0 Å². The molecule has 7 nitrogen and oxygen atoms in total. The van der Waals surface area contributed by atoms with Crippen LogP contribution in [0.4, 0.5) is 5.69 Å². The van der Waals surface area contributed by atoms with Gasteiger partial charge in [-0.2, -0.15) is 0 Å². The van der Waals surface area contributed by atoms with Crippen LogP contribution in [0.2, 0.25) is 0 Å². The molecule has 0 saturated carbocycles. The van der Waals surface area contributed by atoms with Gasteiger partial charge in [0.15, 0.2) is 0 Å². The molecule has 0 aliphatic carbocycles. The second-order valence-corrected chi connectivity index (χ2v) is 7.98. The number of benzene rings is 2. The molecule has 0 saturated heterocycles. The first kappa shape index (κ1) is 20.6. The van der Waals surface area contributed by atoms with E-state index in [-0.39, 0.29) is 11.4 Å². The van der Waals surface area contributed by atoms with Gasteiger partial charge in [0, 0.05) is 5.69 Å². The summed E-state index contributed by atoms with van der Waals surface area (Å²) >= 11 is 0. The first-order valence-electron chi connectivity index (χ1n) is 8.38. The highest BCUT2D eigenvalue weighted by molar-refractivity contribution is 7.89. The Morgan fingerprint density at radius 2 is 1.56 bits per heavy atom. The number of amides is 2. The van der Waals surface area contributed by atoms with Crippen molar-refractivity contribution >= 4 is 27.5 Å².